The third-order valence-electron chi connectivity index (χ3n) is 4.85. The Kier molecular flexibility index (Phi) is 5.43. The molecule has 22 heavy (non-hydrogen) atoms. The lowest BCUT2D eigenvalue weighted by molar-refractivity contribution is -0.204. The number of aliphatic carboxylic acids is 1. The summed E-state index contributed by atoms with van der Waals surface area (Å²) in [6, 6.07) is 0. The molecular weight excluding hydrogens is 304 g/mol. The second-order valence-corrected chi connectivity index (χ2v) is 8.10. The van der Waals surface area contributed by atoms with Gasteiger partial charge in [-0.2, -0.15) is 0 Å². The molecule has 1 aliphatic heterocycles. The largest absolute Gasteiger partial charge is 0.478 e. The molecule has 6 heteroatoms. The van der Waals surface area contributed by atoms with Crippen molar-refractivity contribution in [3.05, 3.63) is 0 Å². The zero-order valence-electron chi connectivity index (χ0n) is 13.7. The average molecular weight is 330 g/mol. The van der Waals surface area contributed by atoms with E-state index in [1.807, 2.05) is 0 Å². The number of ether oxygens (including phenoxy) is 2. The van der Waals surface area contributed by atoms with E-state index in [0.717, 1.165) is 19.3 Å². The van der Waals surface area contributed by atoms with Crippen LogP contribution in [0.15, 0.2) is 0 Å². The first-order chi connectivity index (χ1) is 10.3. The zero-order valence-corrected chi connectivity index (χ0v) is 14.5. The summed E-state index contributed by atoms with van der Waals surface area (Å²) in [5, 5.41) is 9.87. The lowest BCUT2D eigenvalue weighted by atomic mass is 9.67. The Morgan fingerprint density at radius 1 is 1.36 bits per heavy atom. The molecule has 5 atom stereocenters. The van der Waals surface area contributed by atoms with Crippen molar-refractivity contribution in [1.29, 1.82) is 0 Å². The summed E-state index contributed by atoms with van der Waals surface area (Å²) < 4.78 is 10.9. The first kappa shape index (κ1) is 17.6. The molecule has 1 heterocycles. The minimum atomic E-state index is -1.29. The number of carboxylic acids is 1. The van der Waals surface area contributed by atoms with Crippen LogP contribution in [0.3, 0.4) is 0 Å². The molecule has 0 radical (unpaired) electrons. The number of esters is 1. The molecule has 1 N–H and O–H groups in total. The predicted octanol–water partition coefficient (Wildman–Crippen LogP) is 3.13. The van der Waals surface area contributed by atoms with Gasteiger partial charge in [0.15, 0.2) is 0 Å². The number of hydrogen-bond acceptors (Lipinski definition) is 5. The van der Waals surface area contributed by atoms with Gasteiger partial charge in [0.25, 0.3) is 0 Å². The van der Waals surface area contributed by atoms with E-state index in [2.05, 4.69) is 20.8 Å². The summed E-state index contributed by atoms with van der Waals surface area (Å²) in [5.74, 6) is 0.150. The summed E-state index contributed by atoms with van der Waals surface area (Å²) in [5.41, 5.74) is 0. The summed E-state index contributed by atoms with van der Waals surface area (Å²) in [6.07, 6.45) is 2.24. The van der Waals surface area contributed by atoms with Crippen LogP contribution in [0.4, 0.5) is 0 Å². The Morgan fingerprint density at radius 3 is 2.59 bits per heavy atom. The Balaban J connectivity index is 2.26. The van der Waals surface area contributed by atoms with E-state index < -0.39 is 23.2 Å². The predicted molar refractivity (Wildman–Crippen MR) is 84.3 cm³/mol. The van der Waals surface area contributed by atoms with E-state index in [1.54, 1.807) is 0 Å². The Labute approximate surface area is 136 Å². The van der Waals surface area contributed by atoms with Crippen molar-refractivity contribution in [3.8, 4) is 0 Å². The van der Waals surface area contributed by atoms with E-state index in [4.69, 9.17) is 9.47 Å². The van der Waals surface area contributed by atoms with Gasteiger partial charge in [-0.05, 0) is 30.6 Å². The molecular formula is C16H26O5S. The molecule has 5 unspecified atom stereocenters. The molecule has 0 amide bonds. The molecule has 0 aromatic carbocycles. The van der Waals surface area contributed by atoms with Crippen molar-refractivity contribution in [1.82, 2.24) is 0 Å². The second kappa shape index (κ2) is 6.79. The lowest BCUT2D eigenvalue weighted by Gasteiger charge is -2.44. The first-order valence-electron chi connectivity index (χ1n) is 7.98. The highest BCUT2D eigenvalue weighted by Gasteiger charge is 2.57. The van der Waals surface area contributed by atoms with Crippen molar-refractivity contribution in [2.24, 2.45) is 23.7 Å². The van der Waals surface area contributed by atoms with E-state index in [0.29, 0.717) is 23.5 Å². The highest BCUT2D eigenvalue weighted by atomic mass is 32.2. The van der Waals surface area contributed by atoms with Crippen LogP contribution in [-0.4, -0.2) is 34.0 Å². The van der Waals surface area contributed by atoms with Gasteiger partial charge in [0.1, 0.15) is 0 Å². The van der Waals surface area contributed by atoms with Gasteiger partial charge in [-0.3, -0.25) is 4.79 Å². The minimum absolute atomic E-state index is 0.0562. The van der Waals surface area contributed by atoms with Gasteiger partial charge in [0, 0.05) is 12.8 Å². The van der Waals surface area contributed by atoms with Crippen LogP contribution < -0.4 is 0 Å². The molecule has 0 spiro atoms. The fourth-order valence-electron chi connectivity index (χ4n) is 3.80. The molecule has 1 saturated carbocycles. The lowest BCUT2D eigenvalue weighted by Crippen LogP contribution is -2.50. The molecule has 1 saturated heterocycles. The average Bonchev–Trinajstić information content (AvgIpc) is 2.82. The van der Waals surface area contributed by atoms with Gasteiger partial charge >= 0.3 is 11.9 Å². The Morgan fingerprint density at radius 2 is 2.05 bits per heavy atom. The fraction of sp³-hybridized carbons (Fsp3) is 0.875. The maximum Gasteiger partial charge on any atom is 0.347 e. The van der Waals surface area contributed by atoms with Gasteiger partial charge in [0.05, 0.1) is 5.75 Å². The number of rotatable bonds is 4. The number of carboxylic acid groups (broad SMARTS) is 1. The van der Waals surface area contributed by atoms with Crippen LogP contribution in [0.25, 0.3) is 0 Å². The normalized spacial score (nSPS) is 39.0. The summed E-state index contributed by atoms with van der Waals surface area (Å²) in [6.45, 7) is 7.77. The third kappa shape index (κ3) is 3.43. The fourth-order valence-corrected chi connectivity index (χ4v) is 5.11. The number of hydrogen-bond donors (Lipinski definition) is 1. The highest BCUT2D eigenvalue weighted by Crippen LogP contribution is 2.52. The monoisotopic (exact) mass is 330 g/mol. The molecule has 2 aliphatic rings. The molecule has 5 nitrogen and oxygen atoms in total. The van der Waals surface area contributed by atoms with Crippen molar-refractivity contribution in [2.45, 2.75) is 58.2 Å². The zero-order chi connectivity index (χ0) is 16.5. The van der Waals surface area contributed by atoms with Crippen LogP contribution in [0.1, 0.15) is 47.0 Å². The van der Waals surface area contributed by atoms with E-state index in [-0.39, 0.29) is 5.92 Å². The smallest absolute Gasteiger partial charge is 0.347 e. The molecule has 2 rings (SSSR count). The van der Waals surface area contributed by atoms with E-state index in [9.17, 15) is 14.7 Å². The van der Waals surface area contributed by atoms with Crippen molar-refractivity contribution < 1.29 is 24.2 Å². The molecule has 1 aliphatic carbocycles. The van der Waals surface area contributed by atoms with Crippen LogP contribution >= 0.6 is 11.8 Å². The number of carbonyl (C=O) groups excluding carboxylic acids is 1. The van der Waals surface area contributed by atoms with Crippen molar-refractivity contribution in [2.75, 3.05) is 5.75 Å². The van der Waals surface area contributed by atoms with Crippen molar-refractivity contribution in [3.63, 3.8) is 0 Å². The van der Waals surface area contributed by atoms with Gasteiger partial charge < -0.3 is 14.6 Å². The van der Waals surface area contributed by atoms with Crippen LogP contribution in [0.5, 0.6) is 0 Å². The molecule has 126 valence electrons. The first-order valence-corrected chi connectivity index (χ1v) is 8.97. The van der Waals surface area contributed by atoms with E-state index >= 15 is 0 Å². The molecule has 0 aromatic heterocycles. The molecule has 2 fully saturated rings. The Hall–Kier alpha value is -0.750. The quantitative estimate of drug-likeness (QED) is 0.798. The van der Waals surface area contributed by atoms with Crippen LogP contribution in [-0.2, 0) is 19.1 Å². The van der Waals surface area contributed by atoms with Crippen molar-refractivity contribution >= 4 is 23.7 Å². The van der Waals surface area contributed by atoms with Gasteiger partial charge in [-0.1, -0.05) is 27.2 Å². The topological polar surface area (TPSA) is 72.8 Å². The van der Waals surface area contributed by atoms with Crippen LogP contribution in [0.2, 0.25) is 0 Å². The maximum absolute atomic E-state index is 12.0. The van der Waals surface area contributed by atoms with Gasteiger partial charge in [-0.15, -0.1) is 11.8 Å². The minimum Gasteiger partial charge on any atom is -0.478 e. The molecule has 0 bridgehead atoms. The van der Waals surface area contributed by atoms with Gasteiger partial charge in [0.2, 0.25) is 11.2 Å². The SMILES string of the molecule is CC(=O)OC1CSC(C(=O)O)(C2CC(C)CCC2C(C)C)O1. The standard InChI is InChI=1S/C16H26O5S/c1-9(2)12-6-5-10(3)7-13(12)16(15(18)19)21-14(8-22-16)20-11(4)17/h9-10,12-14H,5-8H2,1-4H3,(H,18,19). The molecule has 0 aromatic rings. The highest BCUT2D eigenvalue weighted by molar-refractivity contribution is 8.01. The number of thioether (sulfide) groups is 1. The van der Waals surface area contributed by atoms with Crippen LogP contribution in [0, 0.1) is 23.7 Å². The van der Waals surface area contributed by atoms with Gasteiger partial charge in [-0.25, -0.2) is 4.79 Å². The second-order valence-electron chi connectivity index (χ2n) is 6.87. The summed E-state index contributed by atoms with van der Waals surface area (Å²) in [4.78, 5) is 21.9. The summed E-state index contributed by atoms with van der Waals surface area (Å²) in [7, 11) is 0. The van der Waals surface area contributed by atoms with E-state index in [1.165, 1.54) is 18.7 Å². The number of carbonyl (C=O) groups is 2. The summed E-state index contributed by atoms with van der Waals surface area (Å²) >= 11 is 1.28. The maximum atomic E-state index is 12.0. The third-order valence-corrected chi connectivity index (χ3v) is 6.29. The Bertz CT molecular complexity index is 438.